The van der Waals surface area contributed by atoms with Gasteiger partial charge >= 0.3 is 0 Å². The molecule has 0 aromatic heterocycles. The maximum Gasteiger partial charge on any atom is 0.219 e. The Morgan fingerprint density at radius 1 is 1.21 bits per heavy atom. The highest BCUT2D eigenvalue weighted by Crippen LogP contribution is 2.36. The number of amides is 2. The summed E-state index contributed by atoms with van der Waals surface area (Å²) in [6.45, 7) is 7.21. The highest BCUT2D eigenvalue weighted by atomic mass is 16.5. The molecule has 4 rings (SSSR count). The van der Waals surface area contributed by atoms with Crippen LogP contribution in [-0.4, -0.2) is 59.4 Å². The minimum atomic E-state index is -0.226. The number of hydrogen-bond donors (Lipinski definition) is 1. The van der Waals surface area contributed by atoms with Crippen LogP contribution in [0.4, 0.5) is 0 Å². The molecule has 1 N–H and O–H groups in total. The van der Waals surface area contributed by atoms with E-state index >= 15 is 0 Å². The molecule has 1 aromatic rings. The van der Waals surface area contributed by atoms with E-state index in [1.807, 2.05) is 4.90 Å². The molecule has 2 amide bonds. The minimum absolute atomic E-state index is 0.0140. The molecule has 0 bridgehead atoms. The van der Waals surface area contributed by atoms with Crippen LogP contribution >= 0.6 is 0 Å². The fourth-order valence-electron chi connectivity index (χ4n) is 5.42. The van der Waals surface area contributed by atoms with E-state index in [0.29, 0.717) is 12.6 Å². The average molecular weight is 400 g/mol. The molecule has 1 aromatic carbocycles. The highest BCUT2D eigenvalue weighted by Gasteiger charge is 2.50. The van der Waals surface area contributed by atoms with Gasteiger partial charge in [-0.1, -0.05) is 12.1 Å². The molecule has 2 atom stereocenters. The van der Waals surface area contributed by atoms with E-state index in [1.54, 1.807) is 13.8 Å². The van der Waals surface area contributed by atoms with Crippen molar-refractivity contribution in [2.45, 2.75) is 64.1 Å². The highest BCUT2D eigenvalue weighted by molar-refractivity contribution is 5.75. The van der Waals surface area contributed by atoms with Crippen molar-refractivity contribution >= 4 is 11.8 Å². The number of ether oxygens (including phenoxy) is 1. The molecule has 6 heteroatoms. The molecule has 2 heterocycles. The number of nitrogens with zero attached hydrogens (tertiary/aromatic N) is 2. The van der Waals surface area contributed by atoms with Crippen molar-refractivity contribution in [1.29, 1.82) is 0 Å². The average Bonchev–Trinajstić information content (AvgIpc) is 3.27. The molecular weight excluding hydrogens is 366 g/mol. The lowest BCUT2D eigenvalue weighted by molar-refractivity contribution is -0.132. The molecule has 1 saturated carbocycles. The summed E-state index contributed by atoms with van der Waals surface area (Å²) in [6, 6.07) is 8.43. The number of carbonyl (C=O) groups is 2. The van der Waals surface area contributed by atoms with E-state index in [9.17, 15) is 9.59 Å². The van der Waals surface area contributed by atoms with Gasteiger partial charge < -0.3 is 15.0 Å². The second-order valence-electron chi connectivity index (χ2n) is 9.09. The van der Waals surface area contributed by atoms with Gasteiger partial charge in [-0.3, -0.25) is 14.5 Å². The normalized spacial score (nSPS) is 27.7. The van der Waals surface area contributed by atoms with Gasteiger partial charge in [0.2, 0.25) is 11.8 Å². The van der Waals surface area contributed by atoms with E-state index in [0.717, 1.165) is 51.2 Å². The number of hydrogen-bond acceptors (Lipinski definition) is 4. The lowest BCUT2D eigenvalue weighted by Crippen LogP contribution is -2.61. The van der Waals surface area contributed by atoms with Gasteiger partial charge in [0.1, 0.15) is 5.75 Å². The first-order valence-electron chi connectivity index (χ1n) is 11.0. The predicted molar refractivity (Wildman–Crippen MR) is 112 cm³/mol. The summed E-state index contributed by atoms with van der Waals surface area (Å²) in [7, 11) is 0. The molecule has 0 radical (unpaired) electrons. The van der Waals surface area contributed by atoms with Crippen LogP contribution in [0.2, 0.25) is 0 Å². The van der Waals surface area contributed by atoms with E-state index in [1.165, 1.54) is 18.4 Å². The van der Waals surface area contributed by atoms with E-state index in [-0.39, 0.29) is 23.3 Å². The first-order valence-corrected chi connectivity index (χ1v) is 11.0. The SMILES string of the molecule is CC(=O)N[C@@]12CCN(C(C)=O)C[C@@H]1CN(Cc1cccc(OC3CCCC3)c1)C2. The second-order valence-corrected chi connectivity index (χ2v) is 9.09. The first-order chi connectivity index (χ1) is 13.9. The topological polar surface area (TPSA) is 61.9 Å². The van der Waals surface area contributed by atoms with Crippen LogP contribution in [0.15, 0.2) is 24.3 Å². The Kier molecular flexibility index (Phi) is 5.81. The molecule has 6 nitrogen and oxygen atoms in total. The van der Waals surface area contributed by atoms with Crippen molar-refractivity contribution in [3.05, 3.63) is 29.8 Å². The Morgan fingerprint density at radius 3 is 2.72 bits per heavy atom. The number of likely N-dealkylation sites (tertiary alicyclic amines) is 2. The fraction of sp³-hybridized carbons (Fsp3) is 0.652. The Morgan fingerprint density at radius 2 is 2.00 bits per heavy atom. The van der Waals surface area contributed by atoms with Crippen LogP contribution in [0.5, 0.6) is 5.75 Å². The molecule has 0 unspecified atom stereocenters. The maximum atomic E-state index is 11.9. The number of piperidine rings is 1. The molecule has 3 fully saturated rings. The van der Waals surface area contributed by atoms with Crippen molar-refractivity contribution in [2.24, 2.45) is 5.92 Å². The molecule has 1 aliphatic carbocycles. The van der Waals surface area contributed by atoms with Crippen molar-refractivity contribution in [2.75, 3.05) is 26.2 Å². The van der Waals surface area contributed by atoms with Gasteiger partial charge in [0.05, 0.1) is 11.6 Å². The zero-order valence-electron chi connectivity index (χ0n) is 17.7. The molecular formula is C23H33N3O3. The van der Waals surface area contributed by atoms with Crippen LogP contribution in [0.1, 0.15) is 51.5 Å². The zero-order valence-corrected chi connectivity index (χ0v) is 17.7. The molecule has 2 aliphatic heterocycles. The third-order valence-corrected chi connectivity index (χ3v) is 6.81. The summed E-state index contributed by atoms with van der Waals surface area (Å²) in [4.78, 5) is 28.1. The fourth-order valence-corrected chi connectivity index (χ4v) is 5.42. The Balaban J connectivity index is 1.44. The number of benzene rings is 1. The van der Waals surface area contributed by atoms with Crippen molar-refractivity contribution in [3.63, 3.8) is 0 Å². The van der Waals surface area contributed by atoms with E-state index in [4.69, 9.17) is 4.74 Å². The zero-order chi connectivity index (χ0) is 20.4. The Labute approximate surface area is 173 Å². The lowest BCUT2D eigenvalue weighted by atomic mass is 9.80. The van der Waals surface area contributed by atoms with Gasteiger partial charge in [-0.05, 0) is 49.8 Å². The van der Waals surface area contributed by atoms with E-state index in [2.05, 4.69) is 34.5 Å². The molecule has 29 heavy (non-hydrogen) atoms. The largest absolute Gasteiger partial charge is 0.490 e. The van der Waals surface area contributed by atoms with Crippen LogP contribution in [0, 0.1) is 5.92 Å². The standard InChI is InChI=1S/C23H33N3O3/c1-17(27)24-23-10-11-26(18(2)28)15-20(23)14-25(16-23)13-19-6-5-9-22(12-19)29-21-7-3-4-8-21/h5-6,9,12,20-21H,3-4,7-8,10-11,13-16H2,1-2H3,(H,24,27)/t20-,23+/m0/s1. The number of carbonyl (C=O) groups excluding carboxylic acids is 2. The van der Waals surface area contributed by atoms with Gasteiger partial charge in [0.25, 0.3) is 0 Å². The van der Waals surface area contributed by atoms with Crippen molar-refractivity contribution in [1.82, 2.24) is 15.1 Å². The lowest BCUT2D eigenvalue weighted by Gasteiger charge is -2.43. The molecule has 3 aliphatic rings. The van der Waals surface area contributed by atoms with Gasteiger partial charge in [0.15, 0.2) is 0 Å². The monoisotopic (exact) mass is 399 g/mol. The Bertz CT molecular complexity index is 761. The smallest absolute Gasteiger partial charge is 0.219 e. The third-order valence-electron chi connectivity index (χ3n) is 6.81. The van der Waals surface area contributed by atoms with Gasteiger partial charge in [-0.2, -0.15) is 0 Å². The quantitative estimate of drug-likeness (QED) is 0.827. The number of nitrogens with one attached hydrogen (secondary N) is 1. The van der Waals surface area contributed by atoms with Crippen LogP contribution < -0.4 is 10.1 Å². The first kappa shape index (κ1) is 20.2. The summed E-state index contributed by atoms with van der Waals surface area (Å²) in [5.41, 5.74) is 1.01. The van der Waals surface area contributed by atoms with Crippen molar-refractivity contribution in [3.8, 4) is 5.75 Å². The van der Waals surface area contributed by atoms with Crippen LogP contribution in [0.3, 0.4) is 0 Å². The van der Waals surface area contributed by atoms with Crippen LogP contribution in [-0.2, 0) is 16.1 Å². The molecule has 0 spiro atoms. The molecule has 158 valence electrons. The summed E-state index contributed by atoms with van der Waals surface area (Å²) in [5, 5.41) is 3.25. The summed E-state index contributed by atoms with van der Waals surface area (Å²) in [5.74, 6) is 1.36. The number of fused-ring (bicyclic) bond motifs is 1. The third kappa shape index (κ3) is 4.58. The van der Waals surface area contributed by atoms with Gasteiger partial charge in [0, 0.05) is 52.5 Å². The van der Waals surface area contributed by atoms with Gasteiger partial charge in [-0.15, -0.1) is 0 Å². The van der Waals surface area contributed by atoms with E-state index < -0.39 is 0 Å². The maximum absolute atomic E-state index is 11.9. The molecule has 2 saturated heterocycles. The Hall–Kier alpha value is -2.08. The summed E-state index contributed by atoms with van der Waals surface area (Å²) in [6.07, 6.45) is 6.02. The number of rotatable bonds is 5. The minimum Gasteiger partial charge on any atom is -0.490 e. The summed E-state index contributed by atoms with van der Waals surface area (Å²) < 4.78 is 6.17. The van der Waals surface area contributed by atoms with Gasteiger partial charge in [-0.25, -0.2) is 0 Å². The predicted octanol–water partition coefficient (Wildman–Crippen LogP) is 2.57. The van der Waals surface area contributed by atoms with Crippen molar-refractivity contribution < 1.29 is 14.3 Å². The second kappa shape index (κ2) is 8.34. The summed E-state index contributed by atoms with van der Waals surface area (Å²) >= 11 is 0. The van der Waals surface area contributed by atoms with Crippen LogP contribution in [0.25, 0.3) is 0 Å².